The van der Waals surface area contributed by atoms with E-state index >= 15 is 0 Å². The molecule has 0 saturated carbocycles. The molecule has 0 spiro atoms. The van der Waals surface area contributed by atoms with Crippen LogP contribution in [0.25, 0.3) is 0 Å². The fraction of sp³-hybridized carbons (Fsp3) is 0.533. The second-order valence-electron chi connectivity index (χ2n) is 4.92. The molecule has 1 amide bonds. The predicted molar refractivity (Wildman–Crippen MR) is 73.1 cm³/mol. The largest absolute Gasteiger partial charge is 0.489 e. The highest BCUT2D eigenvalue weighted by molar-refractivity contribution is 5.76. The molecule has 1 N–H and O–H groups in total. The van der Waals surface area contributed by atoms with E-state index in [2.05, 4.69) is 5.32 Å². The lowest BCUT2D eigenvalue weighted by Gasteiger charge is -2.21. The smallest absolute Gasteiger partial charge is 0.220 e. The molecule has 110 valence electrons. The lowest BCUT2D eigenvalue weighted by atomic mass is 9.98. The van der Waals surface area contributed by atoms with Gasteiger partial charge in [-0.05, 0) is 30.9 Å². The van der Waals surface area contributed by atoms with Crippen molar-refractivity contribution in [1.29, 1.82) is 0 Å². The number of carbonyl (C=O) groups is 1. The van der Waals surface area contributed by atoms with Gasteiger partial charge >= 0.3 is 0 Å². The quantitative estimate of drug-likeness (QED) is 0.813. The number of carbonyl (C=O) groups excluding carboxylic acids is 1. The van der Waals surface area contributed by atoms with Gasteiger partial charge in [0.1, 0.15) is 6.61 Å². The number of benzene rings is 1. The summed E-state index contributed by atoms with van der Waals surface area (Å²) < 4.78 is 23.9. The Morgan fingerprint density at radius 1 is 1.45 bits per heavy atom. The van der Waals surface area contributed by atoms with Crippen molar-refractivity contribution < 1.29 is 18.7 Å². The van der Waals surface area contributed by atoms with Crippen LogP contribution in [0.5, 0.6) is 5.75 Å². The number of hydrogen-bond acceptors (Lipinski definition) is 3. The zero-order valence-electron chi connectivity index (χ0n) is 11.4. The van der Waals surface area contributed by atoms with E-state index in [4.69, 9.17) is 9.47 Å². The molecule has 1 aromatic carbocycles. The lowest BCUT2D eigenvalue weighted by molar-refractivity contribution is -0.123. The summed E-state index contributed by atoms with van der Waals surface area (Å²) in [5.41, 5.74) is 0. The minimum Gasteiger partial charge on any atom is -0.489 e. The highest BCUT2D eigenvalue weighted by Gasteiger charge is 2.17. The van der Waals surface area contributed by atoms with Crippen LogP contribution in [-0.2, 0) is 9.53 Å². The van der Waals surface area contributed by atoms with Gasteiger partial charge in [0.05, 0.1) is 6.54 Å². The van der Waals surface area contributed by atoms with E-state index in [1.807, 2.05) is 0 Å². The summed E-state index contributed by atoms with van der Waals surface area (Å²) in [5.74, 6) is 0.134. The molecule has 2 rings (SSSR count). The summed E-state index contributed by atoms with van der Waals surface area (Å²) in [5, 5.41) is 2.78. The van der Waals surface area contributed by atoms with Gasteiger partial charge in [0, 0.05) is 19.6 Å². The van der Waals surface area contributed by atoms with Crippen LogP contribution in [0.2, 0.25) is 0 Å². The number of ether oxygens (including phenoxy) is 2. The summed E-state index contributed by atoms with van der Waals surface area (Å²) in [6.45, 7) is 2.10. The standard InChI is InChI=1S/C15H20FNO3/c16-13-5-1-2-6-14(13)20-9-7-17-15(18)10-12-4-3-8-19-11-12/h1-2,5-6,12H,3-4,7-11H2,(H,17,18)/t12-/m1/s1. The van der Waals surface area contributed by atoms with Crippen molar-refractivity contribution in [2.24, 2.45) is 5.92 Å². The Bertz CT molecular complexity index is 433. The molecular formula is C15H20FNO3. The third kappa shape index (κ3) is 4.81. The van der Waals surface area contributed by atoms with Gasteiger partial charge in [0.25, 0.3) is 0 Å². The lowest BCUT2D eigenvalue weighted by Crippen LogP contribution is -2.31. The maximum atomic E-state index is 13.3. The monoisotopic (exact) mass is 281 g/mol. The van der Waals surface area contributed by atoms with Crippen LogP contribution in [0.1, 0.15) is 19.3 Å². The predicted octanol–water partition coefficient (Wildman–Crippen LogP) is 2.14. The van der Waals surface area contributed by atoms with E-state index in [0.717, 1.165) is 19.4 Å². The Morgan fingerprint density at radius 3 is 3.05 bits per heavy atom. The van der Waals surface area contributed by atoms with E-state index in [9.17, 15) is 9.18 Å². The van der Waals surface area contributed by atoms with Crippen molar-refractivity contribution in [3.05, 3.63) is 30.1 Å². The Hall–Kier alpha value is -1.62. The average Bonchev–Trinajstić information content (AvgIpc) is 2.46. The Kier molecular flexibility index (Phi) is 5.80. The van der Waals surface area contributed by atoms with E-state index in [1.165, 1.54) is 6.07 Å². The first kappa shape index (κ1) is 14.8. The van der Waals surface area contributed by atoms with Crippen LogP contribution in [0.15, 0.2) is 24.3 Å². The summed E-state index contributed by atoms with van der Waals surface area (Å²) in [6.07, 6.45) is 2.55. The maximum absolute atomic E-state index is 13.3. The first-order valence-electron chi connectivity index (χ1n) is 6.97. The molecule has 0 unspecified atom stereocenters. The first-order valence-corrected chi connectivity index (χ1v) is 6.97. The summed E-state index contributed by atoms with van der Waals surface area (Å²) >= 11 is 0. The number of halogens is 1. The molecule has 1 atom stereocenters. The number of nitrogens with one attached hydrogen (secondary N) is 1. The van der Waals surface area contributed by atoms with Gasteiger partial charge in [-0.3, -0.25) is 4.79 Å². The van der Waals surface area contributed by atoms with Gasteiger partial charge in [-0.1, -0.05) is 12.1 Å². The average molecular weight is 281 g/mol. The molecule has 0 aliphatic carbocycles. The second kappa shape index (κ2) is 7.85. The molecule has 1 aromatic rings. The highest BCUT2D eigenvalue weighted by Crippen LogP contribution is 2.17. The normalized spacial score (nSPS) is 18.6. The van der Waals surface area contributed by atoms with E-state index in [-0.39, 0.29) is 18.3 Å². The van der Waals surface area contributed by atoms with Gasteiger partial charge in [-0.25, -0.2) is 4.39 Å². The van der Waals surface area contributed by atoms with Gasteiger partial charge in [0.15, 0.2) is 11.6 Å². The highest BCUT2D eigenvalue weighted by atomic mass is 19.1. The molecule has 1 heterocycles. The summed E-state index contributed by atoms with van der Waals surface area (Å²) in [7, 11) is 0. The van der Waals surface area contributed by atoms with Crippen LogP contribution in [0.3, 0.4) is 0 Å². The zero-order valence-corrected chi connectivity index (χ0v) is 11.4. The molecule has 4 nitrogen and oxygen atoms in total. The zero-order chi connectivity index (χ0) is 14.2. The number of amides is 1. The third-order valence-electron chi connectivity index (χ3n) is 3.25. The van der Waals surface area contributed by atoms with E-state index < -0.39 is 5.82 Å². The molecule has 0 radical (unpaired) electrons. The van der Waals surface area contributed by atoms with Crippen molar-refractivity contribution in [3.63, 3.8) is 0 Å². The van der Waals surface area contributed by atoms with Crippen LogP contribution in [0, 0.1) is 11.7 Å². The Morgan fingerprint density at radius 2 is 2.30 bits per heavy atom. The number of rotatable bonds is 6. The Balaban J connectivity index is 1.60. The van der Waals surface area contributed by atoms with Crippen molar-refractivity contribution in [2.75, 3.05) is 26.4 Å². The third-order valence-corrected chi connectivity index (χ3v) is 3.25. The second-order valence-corrected chi connectivity index (χ2v) is 4.92. The Labute approximate surface area is 118 Å². The van der Waals surface area contributed by atoms with Crippen LogP contribution >= 0.6 is 0 Å². The van der Waals surface area contributed by atoms with Crippen molar-refractivity contribution in [3.8, 4) is 5.75 Å². The summed E-state index contributed by atoms with van der Waals surface area (Å²) in [6, 6.07) is 6.23. The fourth-order valence-corrected chi connectivity index (χ4v) is 2.22. The van der Waals surface area contributed by atoms with Crippen molar-refractivity contribution in [1.82, 2.24) is 5.32 Å². The molecule has 1 aliphatic heterocycles. The molecule has 20 heavy (non-hydrogen) atoms. The number of hydrogen-bond donors (Lipinski definition) is 1. The van der Waals surface area contributed by atoms with Crippen LogP contribution < -0.4 is 10.1 Å². The van der Waals surface area contributed by atoms with Crippen LogP contribution in [-0.4, -0.2) is 32.3 Å². The topological polar surface area (TPSA) is 47.6 Å². The molecule has 1 fully saturated rings. The van der Waals surface area contributed by atoms with Gasteiger partial charge in [-0.15, -0.1) is 0 Å². The minimum absolute atomic E-state index is 0.00219. The van der Waals surface area contributed by atoms with Crippen LogP contribution in [0.4, 0.5) is 4.39 Å². The van der Waals surface area contributed by atoms with Gasteiger partial charge in [0.2, 0.25) is 5.91 Å². The van der Waals surface area contributed by atoms with E-state index in [0.29, 0.717) is 25.5 Å². The first-order chi connectivity index (χ1) is 9.75. The molecule has 0 bridgehead atoms. The summed E-state index contributed by atoms with van der Waals surface area (Å²) in [4.78, 5) is 11.7. The van der Waals surface area contributed by atoms with Crippen molar-refractivity contribution >= 4 is 5.91 Å². The fourth-order valence-electron chi connectivity index (χ4n) is 2.22. The van der Waals surface area contributed by atoms with Gasteiger partial charge < -0.3 is 14.8 Å². The van der Waals surface area contributed by atoms with Gasteiger partial charge in [-0.2, -0.15) is 0 Å². The maximum Gasteiger partial charge on any atom is 0.220 e. The van der Waals surface area contributed by atoms with Crippen molar-refractivity contribution in [2.45, 2.75) is 19.3 Å². The molecule has 5 heteroatoms. The molecule has 0 aromatic heterocycles. The minimum atomic E-state index is -0.391. The molecule has 1 saturated heterocycles. The molecule has 1 aliphatic rings. The molecular weight excluding hydrogens is 261 g/mol. The van der Waals surface area contributed by atoms with E-state index in [1.54, 1.807) is 18.2 Å². The SMILES string of the molecule is O=C(C[C@H]1CCCOC1)NCCOc1ccccc1F. The number of para-hydroxylation sites is 1.